The summed E-state index contributed by atoms with van der Waals surface area (Å²) in [6, 6.07) is 7.80. The number of amides is 1. The maximum atomic E-state index is 13.1. The molecule has 2 saturated heterocycles. The van der Waals surface area contributed by atoms with Crippen LogP contribution in [-0.2, 0) is 19.7 Å². The molecule has 27 heavy (non-hydrogen) atoms. The molecule has 6 nitrogen and oxygen atoms in total. The number of carboxylic acid groups (broad SMARTS) is 1. The van der Waals surface area contributed by atoms with Crippen molar-refractivity contribution in [1.82, 2.24) is 4.90 Å². The van der Waals surface area contributed by atoms with Crippen molar-refractivity contribution in [3.63, 3.8) is 0 Å². The van der Waals surface area contributed by atoms with Gasteiger partial charge in [-0.3, -0.25) is 9.69 Å². The van der Waals surface area contributed by atoms with Gasteiger partial charge in [-0.2, -0.15) is 0 Å². The number of methoxy groups -OCH3 is 1. The van der Waals surface area contributed by atoms with Crippen LogP contribution in [0, 0.1) is 11.8 Å². The highest BCUT2D eigenvalue weighted by Crippen LogP contribution is 2.52. The molecule has 4 atom stereocenters. The molecule has 1 spiro atoms. The molecule has 3 heterocycles. The molecule has 4 rings (SSSR count). The summed E-state index contributed by atoms with van der Waals surface area (Å²) < 4.78 is 5.05. The number of benzene rings is 1. The highest BCUT2D eigenvalue weighted by atomic mass is 16.5. The Bertz CT molecular complexity index is 833. The van der Waals surface area contributed by atoms with Crippen LogP contribution in [0.25, 0.3) is 0 Å². The number of nitrogens with zero attached hydrogens (tertiary/aromatic N) is 1. The average Bonchev–Trinajstić information content (AvgIpc) is 3.18. The van der Waals surface area contributed by atoms with Gasteiger partial charge >= 0.3 is 5.97 Å². The summed E-state index contributed by atoms with van der Waals surface area (Å²) in [7, 11) is 1.46. The molecule has 0 radical (unpaired) electrons. The molecule has 2 fully saturated rings. The molecule has 1 amide bonds. The number of carbonyl (C=O) groups is 2. The maximum absolute atomic E-state index is 13.1. The van der Waals surface area contributed by atoms with E-state index in [9.17, 15) is 14.7 Å². The molecule has 142 valence electrons. The average molecular weight is 368 g/mol. The number of nitrogens with one attached hydrogen (secondary N) is 1. The second-order valence-corrected chi connectivity index (χ2v) is 7.59. The van der Waals surface area contributed by atoms with Crippen LogP contribution in [0.2, 0.25) is 0 Å². The molecule has 0 saturated carbocycles. The first-order chi connectivity index (χ1) is 13.0. The number of aliphatic carboxylic acids is 1. The van der Waals surface area contributed by atoms with E-state index in [4.69, 9.17) is 4.74 Å². The number of carboxylic acids is 1. The van der Waals surface area contributed by atoms with Crippen LogP contribution >= 0.6 is 0 Å². The van der Waals surface area contributed by atoms with Crippen LogP contribution < -0.4 is 5.32 Å². The van der Waals surface area contributed by atoms with Gasteiger partial charge in [0, 0.05) is 24.2 Å². The molecule has 1 aromatic rings. The second kappa shape index (κ2) is 6.53. The van der Waals surface area contributed by atoms with Crippen molar-refractivity contribution in [2.24, 2.45) is 11.8 Å². The Morgan fingerprint density at radius 3 is 2.93 bits per heavy atom. The third-order valence-corrected chi connectivity index (χ3v) is 6.50. The van der Waals surface area contributed by atoms with Crippen molar-refractivity contribution in [2.45, 2.75) is 24.3 Å². The van der Waals surface area contributed by atoms with Crippen molar-refractivity contribution >= 4 is 17.6 Å². The van der Waals surface area contributed by atoms with Gasteiger partial charge in [-0.15, -0.1) is 6.58 Å². The summed E-state index contributed by atoms with van der Waals surface area (Å²) in [4.78, 5) is 27.3. The van der Waals surface area contributed by atoms with E-state index in [-0.39, 0.29) is 29.4 Å². The third kappa shape index (κ3) is 2.51. The Morgan fingerprint density at radius 1 is 1.44 bits per heavy atom. The molecule has 1 aromatic carbocycles. The molecule has 6 heteroatoms. The largest absolute Gasteiger partial charge is 0.504 e. The molecule has 0 aliphatic carbocycles. The minimum atomic E-state index is -0.981. The lowest BCUT2D eigenvalue weighted by molar-refractivity contribution is -0.134. The highest BCUT2D eigenvalue weighted by molar-refractivity contribution is 6.07. The van der Waals surface area contributed by atoms with Crippen molar-refractivity contribution in [3.8, 4) is 0 Å². The van der Waals surface area contributed by atoms with Crippen LogP contribution in [0.15, 0.2) is 48.8 Å². The van der Waals surface area contributed by atoms with Crippen LogP contribution in [-0.4, -0.2) is 48.1 Å². The second-order valence-electron chi connectivity index (χ2n) is 7.59. The SMILES string of the molecule is C=C[C@H]1CN2CC[C@@]3(C(=O)Nc4ccccc43)[C@@H]2C[C@@H]1/C(=C\OC)C(=O)O. The summed E-state index contributed by atoms with van der Waals surface area (Å²) in [5.41, 5.74) is 1.54. The smallest absolute Gasteiger partial charge is 0.334 e. The van der Waals surface area contributed by atoms with Gasteiger partial charge in [0.05, 0.1) is 24.4 Å². The van der Waals surface area contributed by atoms with E-state index >= 15 is 0 Å². The van der Waals surface area contributed by atoms with Gasteiger partial charge in [0.15, 0.2) is 0 Å². The fourth-order valence-electron chi connectivity index (χ4n) is 5.27. The molecule has 3 aliphatic heterocycles. The van der Waals surface area contributed by atoms with Crippen molar-refractivity contribution < 1.29 is 19.4 Å². The molecule has 0 bridgehead atoms. The highest BCUT2D eigenvalue weighted by Gasteiger charge is 2.60. The lowest BCUT2D eigenvalue weighted by Crippen LogP contribution is -2.53. The van der Waals surface area contributed by atoms with Crippen LogP contribution in [0.3, 0.4) is 0 Å². The summed E-state index contributed by atoms with van der Waals surface area (Å²) in [6.07, 6.45) is 4.48. The quantitative estimate of drug-likeness (QED) is 0.485. The van der Waals surface area contributed by atoms with E-state index < -0.39 is 11.4 Å². The van der Waals surface area contributed by atoms with Crippen LogP contribution in [0.1, 0.15) is 18.4 Å². The topological polar surface area (TPSA) is 78.9 Å². The molecule has 2 N–H and O–H groups in total. The Hall–Kier alpha value is -2.60. The summed E-state index contributed by atoms with van der Waals surface area (Å²) in [5, 5.41) is 12.7. The van der Waals surface area contributed by atoms with Crippen molar-refractivity contribution in [1.29, 1.82) is 0 Å². The normalized spacial score (nSPS) is 32.7. The fraction of sp³-hybridized carbons (Fsp3) is 0.429. The lowest BCUT2D eigenvalue weighted by atomic mass is 9.68. The zero-order valence-electron chi connectivity index (χ0n) is 15.4. The minimum absolute atomic E-state index is 0.00797. The molecule has 0 unspecified atom stereocenters. The first-order valence-electron chi connectivity index (χ1n) is 9.26. The third-order valence-electron chi connectivity index (χ3n) is 6.50. The van der Waals surface area contributed by atoms with Gasteiger partial charge in [-0.1, -0.05) is 24.3 Å². The standard InChI is InChI=1S/C21H24N2O4/c1-3-13-11-23-9-8-21(16-6-4-5-7-17(16)22-20(21)26)18(23)10-14(13)15(12-27-2)19(24)25/h3-7,12-14,18H,1,8-11H2,2H3,(H,22,26)(H,24,25)/b15-12+/t13-,14-,18-,21-/m0/s1. The van der Waals surface area contributed by atoms with E-state index in [0.717, 1.165) is 24.2 Å². The van der Waals surface area contributed by atoms with E-state index in [2.05, 4.69) is 16.8 Å². The predicted molar refractivity (Wildman–Crippen MR) is 101 cm³/mol. The number of para-hydroxylation sites is 1. The lowest BCUT2D eigenvalue weighted by Gasteiger charge is -2.44. The first-order valence-corrected chi connectivity index (χ1v) is 9.26. The van der Waals surface area contributed by atoms with Crippen LogP contribution in [0.5, 0.6) is 0 Å². The van der Waals surface area contributed by atoms with Gasteiger partial charge < -0.3 is 15.2 Å². The monoisotopic (exact) mass is 368 g/mol. The van der Waals surface area contributed by atoms with E-state index in [1.807, 2.05) is 30.3 Å². The number of rotatable bonds is 4. The number of ether oxygens (including phenoxy) is 1. The van der Waals surface area contributed by atoms with E-state index in [0.29, 0.717) is 13.0 Å². The van der Waals surface area contributed by atoms with Gasteiger partial charge in [-0.25, -0.2) is 4.79 Å². The number of piperidine rings is 1. The Kier molecular flexibility index (Phi) is 4.30. The zero-order chi connectivity index (χ0) is 19.2. The number of carbonyl (C=O) groups excluding carboxylic acids is 1. The minimum Gasteiger partial charge on any atom is -0.504 e. The number of anilines is 1. The van der Waals surface area contributed by atoms with E-state index in [1.54, 1.807) is 0 Å². The predicted octanol–water partition coefficient (Wildman–Crippen LogP) is 2.39. The Labute approximate surface area is 158 Å². The van der Waals surface area contributed by atoms with Gasteiger partial charge in [-0.05, 0) is 36.9 Å². The molecular formula is C21H24N2O4. The summed E-state index contributed by atoms with van der Waals surface area (Å²) >= 11 is 0. The van der Waals surface area contributed by atoms with Crippen molar-refractivity contribution in [2.75, 3.05) is 25.5 Å². The number of hydrogen-bond acceptors (Lipinski definition) is 4. The van der Waals surface area contributed by atoms with Gasteiger partial charge in [0.25, 0.3) is 0 Å². The summed E-state index contributed by atoms with van der Waals surface area (Å²) in [6.45, 7) is 5.44. The zero-order valence-corrected chi connectivity index (χ0v) is 15.4. The Morgan fingerprint density at radius 2 is 2.22 bits per heavy atom. The fourth-order valence-corrected chi connectivity index (χ4v) is 5.27. The molecular weight excluding hydrogens is 344 g/mol. The van der Waals surface area contributed by atoms with Gasteiger partial charge in [0.1, 0.15) is 0 Å². The number of fused-ring (bicyclic) bond motifs is 4. The number of hydrogen-bond donors (Lipinski definition) is 2. The van der Waals surface area contributed by atoms with Crippen LogP contribution in [0.4, 0.5) is 5.69 Å². The van der Waals surface area contributed by atoms with Crippen molar-refractivity contribution in [3.05, 3.63) is 54.3 Å². The first kappa shape index (κ1) is 17.8. The summed E-state index contributed by atoms with van der Waals surface area (Å²) in [5.74, 6) is -1.18. The maximum Gasteiger partial charge on any atom is 0.334 e. The van der Waals surface area contributed by atoms with Gasteiger partial charge in [0.2, 0.25) is 5.91 Å². The molecule has 0 aromatic heterocycles. The molecule has 3 aliphatic rings. The van der Waals surface area contributed by atoms with E-state index in [1.165, 1.54) is 13.4 Å². The Balaban J connectivity index is 1.76.